The van der Waals surface area contributed by atoms with Crippen LogP contribution in [0.15, 0.2) is 12.4 Å². The number of hydrogen-bond acceptors (Lipinski definition) is 5. The van der Waals surface area contributed by atoms with E-state index in [9.17, 15) is 0 Å². The van der Waals surface area contributed by atoms with Crippen LogP contribution in [-0.2, 0) is 0 Å². The topological polar surface area (TPSA) is 50.3 Å². The molecular formula is C11H18N4O. The molecule has 1 aromatic rings. The number of aromatic nitrogens is 2. The van der Waals surface area contributed by atoms with Crippen molar-refractivity contribution in [3.63, 3.8) is 0 Å². The summed E-state index contributed by atoms with van der Waals surface area (Å²) in [7, 11) is 1.63. The van der Waals surface area contributed by atoms with Gasteiger partial charge in [0.15, 0.2) is 5.82 Å². The van der Waals surface area contributed by atoms with Gasteiger partial charge in [0.25, 0.3) is 5.88 Å². The molecule has 16 heavy (non-hydrogen) atoms. The second-order valence-electron chi connectivity index (χ2n) is 4.26. The average Bonchev–Trinajstić information content (AvgIpc) is 2.27. The molecule has 0 radical (unpaired) electrons. The molecule has 2 atom stereocenters. The minimum atomic E-state index is 0.454. The minimum absolute atomic E-state index is 0.454. The highest BCUT2D eigenvalue weighted by Crippen LogP contribution is 2.23. The van der Waals surface area contributed by atoms with Gasteiger partial charge in [-0.05, 0) is 13.8 Å². The molecule has 0 saturated carbocycles. The summed E-state index contributed by atoms with van der Waals surface area (Å²) < 4.78 is 5.23. The lowest BCUT2D eigenvalue weighted by Crippen LogP contribution is -2.54. The Balaban J connectivity index is 2.22. The molecule has 0 amide bonds. The van der Waals surface area contributed by atoms with Crippen LogP contribution in [0.25, 0.3) is 0 Å². The standard InChI is InChI=1S/C11H18N4O/c1-8-6-15(7-9(2)14-8)10-11(16-3)13-5-4-12-10/h4-5,8-9,14H,6-7H2,1-3H3. The summed E-state index contributed by atoms with van der Waals surface area (Å²) in [5.74, 6) is 1.44. The molecule has 2 rings (SSSR count). The van der Waals surface area contributed by atoms with E-state index in [4.69, 9.17) is 4.74 Å². The van der Waals surface area contributed by atoms with Crippen LogP contribution in [-0.4, -0.2) is 42.3 Å². The van der Waals surface area contributed by atoms with E-state index in [1.165, 1.54) is 0 Å². The highest BCUT2D eigenvalue weighted by atomic mass is 16.5. The molecule has 5 heteroatoms. The maximum Gasteiger partial charge on any atom is 0.257 e. The Kier molecular flexibility index (Phi) is 3.24. The summed E-state index contributed by atoms with van der Waals surface area (Å²) in [5, 5.41) is 3.49. The van der Waals surface area contributed by atoms with Gasteiger partial charge >= 0.3 is 0 Å². The van der Waals surface area contributed by atoms with Crippen molar-refractivity contribution in [2.75, 3.05) is 25.1 Å². The van der Waals surface area contributed by atoms with Crippen LogP contribution < -0.4 is 15.0 Å². The van der Waals surface area contributed by atoms with Crippen LogP contribution in [0.3, 0.4) is 0 Å². The number of rotatable bonds is 2. The van der Waals surface area contributed by atoms with Gasteiger partial charge in [-0.15, -0.1) is 0 Å². The largest absolute Gasteiger partial charge is 0.478 e. The number of nitrogens with zero attached hydrogens (tertiary/aromatic N) is 3. The molecule has 0 spiro atoms. The van der Waals surface area contributed by atoms with Crippen LogP contribution >= 0.6 is 0 Å². The first-order valence-electron chi connectivity index (χ1n) is 5.56. The van der Waals surface area contributed by atoms with Gasteiger partial charge in [-0.1, -0.05) is 0 Å². The monoisotopic (exact) mass is 222 g/mol. The number of nitrogens with one attached hydrogen (secondary N) is 1. The molecule has 0 aliphatic carbocycles. The van der Waals surface area contributed by atoms with Crippen LogP contribution in [0.5, 0.6) is 5.88 Å². The summed E-state index contributed by atoms with van der Waals surface area (Å²) in [6.07, 6.45) is 3.35. The molecule has 5 nitrogen and oxygen atoms in total. The summed E-state index contributed by atoms with van der Waals surface area (Å²) >= 11 is 0. The van der Waals surface area contributed by atoms with Gasteiger partial charge in [-0.2, -0.15) is 0 Å². The molecule has 1 fully saturated rings. The first kappa shape index (κ1) is 11.1. The lowest BCUT2D eigenvalue weighted by Gasteiger charge is -2.36. The molecule has 1 N–H and O–H groups in total. The van der Waals surface area contributed by atoms with Crippen LogP contribution in [0.2, 0.25) is 0 Å². The molecule has 2 unspecified atom stereocenters. The lowest BCUT2D eigenvalue weighted by molar-refractivity contribution is 0.378. The molecule has 88 valence electrons. The van der Waals surface area contributed by atoms with E-state index < -0.39 is 0 Å². The highest BCUT2D eigenvalue weighted by Gasteiger charge is 2.24. The lowest BCUT2D eigenvalue weighted by atomic mass is 10.1. The summed E-state index contributed by atoms with van der Waals surface area (Å²) in [4.78, 5) is 10.7. The first-order chi connectivity index (χ1) is 7.70. The zero-order valence-corrected chi connectivity index (χ0v) is 9.97. The SMILES string of the molecule is COc1nccnc1N1CC(C)NC(C)C1. The Bertz CT molecular complexity index is 348. The Morgan fingerprint density at radius 3 is 2.50 bits per heavy atom. The van der Waals surface area contributed by atoms with Crippen molar-refractivity contribution in [3.05, 3.63) is 12.4 Å². The Hall–Kier alpha value is -1.36. The van der Waals surface area contributed by atoms with Gasteiger partial charge in [0.05, 0.1) is 7.11 Å². The number of methoxy groups -OCH3 is 1. The van der Waals surface area contributed by atoms with E-state index in [0.29, 0.717) is 18.0 Å². The van der Waals surface area contributed by atoms with Crippen LogP contribution in [0, 0.1) is 0 Å². The zero-order valence-electron chi connectivity index (χ0n) is 9.97. The van der Waals surface area contributed by atoms with Crippen molar-refractivity contribution in [2.45, 2.75) is 25.9 Å². The normalized spacial score (nSPS) is 25.6. The van der Waals surface area contributed by atoms with Gasteiger partial charge in [-0.3, -0.25) is 0 Å². The third kappa shape index (κ3) is 2.24. The zero-order chi connectivity index (χ0) is 11.5. The molecular weight excluding hydrogens is 204 g/mol. The Morgan fingerprint density at radius 1 is 1.25 bits per heavy atom. The van der Waals surface area contributed by atoms with Gasteiger partial charge in [-0.25, -0.2) is 9.97 Å². The Labute approximate surface area is 95.8 Å². The smallest absolute Gasteiger partial charge is 0.257 e. The predicted octanol–water partition coefficient (Wildman–Crippen LogP) is 0.672. The fraction of sp³-hybridized carbons (Fsp3) is 0.636. The van der Waals surface area contributed by atoms with Gasteiger partial charge < -0.3 is 15.0 Å². The summed E-state index contributed by atoms with van der Waals surface area (Å²) in [6.45, 7) is 6.20. The molecule has 1 aromatic heterocycles. The number of piperazine rings is 1. The van der Waals surface area contributed by atoms with Gasteiger partial charge in [0.2, 0.25) is 0 Å². The maximum atomic E-state index is 5.23. The summed E-state index contributed by atoms with van der Waals surface area (Å²) in [6, 6.07) is 0.908. The molecule has 2 heterocycles. The molecule has 0 aromatic carbocycles. The fourth-order valence-corrected chi connectivity index (χ4v) is 2.18. The molecule has 1 aliphatic rings. The molecule has 0 bridgehead atoms. The van der Waals surface area contributed by atoms with E-state index in [0.717, 1.165) is 18.9 Å². The van der Waals surface area contributed by atoms with E-state index in [1.807, 2.05) is 0 Å². The second-order valence-corrected chi connectivity index (χ2v) is 4.26. The quantitative estimate of drug-likeness (QED) is 0.797. The van der Waals surface area contributed by atoms with Gasteiger partial charge in [0.1, 0.15) is 0 Å². The van der Waals surface area contributed by atoms with Crippen molar-refractivity contribution in [3.8, 4) is 5.88 Å². The minimum Gasteiger partial charge on any atom is -0.478 e. The maximum absolute atomic E-state index is 5.23. The van der Waals surface area contributed by atoms with Crippen molar-refractivity contribution in [1.29, 1.82) is 0 Å². The number of hydrogen-bond donors (Lipinski definition) is 1. The first-order valence-corrected chi connectivity index (χ1v) is 5.56. The fourth-order valence-electron chi connectivity index (χ4n) is 2.18. The molecule has 1 saturated heterocycles. The van der Waals surface area contributed by atoms with Crippen molar-refractivity contribution >= 4 is 5.82 Å². The van der Waals surface area contributed by atoms with Crippen molar-refractivity contribution in [1.82, 2.24) is 15.3 Å². The third-order valence-electron chi connectivity index (χ3n) is 2.70. The molecule has 1 aliphatic heterocycles. The van der Waals surface area contributed by atoms with Crippen molar-refractivity contribution in [2.24, 2.45) is 0 Å². The third-order valence-corrected chi connectivity index (χ3v) is 2.70. The predicted molar refractivity (Wildman–Crippen MR) is 62.9 cm³/mol. The van der Waals surface area contributed by atoms with Gasteiger partial charge in [0, 0.05) is 37.6 Å². The van der Waals surface area contributed by atoms with Crippen LogP contribution in [0.1, 0.15) is 13.8 Å². The highest BCUT2D eigenvalue weighted by molar-refractivity contribution is 5.48. The van der Waals surface area contributed by atoms with Crippen molar-refractivity contribution < 1.29 is 4.74 Å². The van der Waals surface area contributed by atoms with Crippen LogP contribution in [0.4, 0.5) is 5.82 Å². The van der Waals surface area contributed by atoms with E-state index in [1.54, 1.807) is 19.5 Å². The van der Waals surface area contributed by atoms with E-state index in [2.05, 4.69) is 34.0 Å². The number of anilines is 1. The number of ether oxygens (including phenoxy) is 1. The van der Waals surface area contributed by atoms with E-state index in [-0.39, 0.29) is 0 Å². The Morgan fingerprint density at radius 2 is 1.88 bits per heavy atom. The second kappa shape index (κ2) is 4.65. The van der Waals surface area contributed by atoms with E-state index >= 15 is 0 Å². The summed E-state index contributed by atoms with van der Waals surface area (Å²) in [5.41, 5.74) is 0. The average molecular weight is 222 g/mol.